The topological polar surface area (TPSA) is 29.1 Å². The molecule has 2 nitrogen and oxygen atoms in total. The fourth-order valence-electron chi connectivity index (χ4n) is 4.22. The Morgan fingerprint density at radius 1 is 1.15 bits per heavy atom. The lowest BCUT2D eigenvalue weighted by atomic mass is 9.76. The Kier molecular flexibility index (Phi) is 2.99. The van der Waals surface area contributed by atoms with E-state index in [0.29, 0.717) is 17.9 Å². The van der Waals surface area contributed by atoms with Crippen molar-refractivity contribution in [3.8, 4) is 0 Å². The number of piperidine rings is 2. The third-order valence-corrected chi connectivity index (χ3v) is 5.18. The van der Waals surface area contributed by atoms with E-state index in [4.69, 9.17) is 0 Å². The molecule has 1 N–H and O–H groups in total. The van der Waals surface area contributed by atoms with Crippen LogP contribution >= 0.6 is 0 Å². The molecule has 1 aromatic carbocycles. The highest BCUT2D eigenvalue weighted by atomic mass is 16.1. The summed E-state index contributed by atoms with van der Waals surface area (Å²) in [7, 11) is 0. The molecule has 0 spiro atoms. The number of hydrogen-bond donors (Lipinski definition) is 1. The molecule has 20 heavy (non-hydrogen) atoms. The molecule has 0 saturated carbocycles. The van der Waals surface area contributed by atoms with Crippen LogP contribution in [-0.2, 0) is 6.42 Å². The fourth-order valence-corrected chi connectivity index (χ4v) is 4.22. The van der Waals surface area contributed by atoms with E-state index in [2.05, 4.69) is 23.5 Å². The molecule has 2 atom stereocenters. The van der Waals surface area contributed by atoms with Crippen LogP contribution in [0.5, 0.6) is 0 Å². The number of carbonyl (C=O) groups excluding carboxylic acids is 1. The van der Waals surface area contributed by atoms with Crippen molar-refractivity contribution in [2.24, 2.45) is 5.92 Å². The monoisotopic (exact) mass is 267 g/mol. The van der Waals surface area contributed by atoms with Gasteiger partial charge in [-0.05, 0) is 43.2 Å². The number of carbonyl (C=O) groups is 1. The highest BCUT2D eigenvalue weighted by Crippen LogP contribution is 2.33. The van der Waals surface area contributed by atoms with Crippen molar-refractivity contribution in [3.05, 3.63) is 41.0 Å². The van der Waals surface area contributed by atoms with Crippen LogP contribution in [-0.4, -0.2) is 17.9 Å². The Bertz CT molecular complexity index is 563. The van der Waals surface area contributed by atoms with Gasteiger partial charge < -0.3 is 5.32 Å². The second-order valence-electron chi connectivity index (χ2n) is 6.50. The van der Waals surface area contributed by atoms with Gasteiger partial charge >= 0.3 is 0 Å². The molecule has 3 aliphatic rings. The first-order valence-electron chi connectivity index (χ1n) is 7.90. The lowest BCUT2D eigenvalue weighted by molar-refractivity contribution is 0.0824. The van der Waals surface area contributed by atoms with E-state index >= 15 is 0 Å². The molecule has 2 saturated heterocycles. The van der Waals surface area contributed by atoms with Gasteiger partial charge in [0.2, 0.25) is 0 Å². The molecule has 2 bridgehead atoms. The largest absolute Gasteiger partial charge is 0.311 e. The minimum Gasteiger partial charge on any atom is -0.311 e. The van der Waals surface area contributed by atoms with Crippen LogP contribution in [0.4, 0.5) is 0 Å². The maximum Gasteiger partial charge on any atom is 0.166 e. The van der Waals surface area contributed by atoms with Crippen LogP contribution in [0.2, 0.25) is 0 Å². The number of benzene rings is 1. The third-order valence-electron chi connectivity index (χ3n) is 5.18. The average molecular weight is 267 g/mol. The second kappa shape index (κ2) is 4.85. The predicted molar refractivity (Wildman–Crippen MR) is 80.8 cm³/mol. The number of Topliss-reactive ketones (excluding diaryl/α,β-unsaturated/α-hetero) is 1. The number of rotatable bonds is 2. The first-order chi connectivity index (χ1) is 9.81. The first-order valence-corrected chi connectivity index (χ1v) is 7.90. The zero-order chi connectivity index (χ0) is 13.5. The van der Waals surface area contributed by atoms with Crippen LogP contribution in [0, 0.1) is 5.92 Å². The van der Waals surface area contributed by atoms with Gasteiger partial charge in [0.15, 0.2) is 5.78 Å². The van der Waals surface area contributed by atoms with Gasteiger partial charge in [0.1, 0.15) is 0 Å². The van der Waals surface area contributed by atoms with Gasteiger partial charge in [-0.15, -0.1) is 0 Å². The summed E-state index contributed by atoms with van der Waals surface area (Å²) in [5.74, 6) is 0.627. The Balaban J connectivity index is 1.60. The summed E-state index contributed by atoms with van der Waals surface area (Å²) >= 11 is 0. The van der Waals surface area contributed by atoms with Gasteiger partial charge in [-0.1, -0.05) is 36.8 Å². The molecule has 2 fully saturated rings. The maximum absolute atomic E-state index is 12.9. The summed E-state index contributed by atoms with van der Waals surface area (Å²) in [5.41, 5.74) is 3.48. The van der Waals surface area contributed by atoms with Gasteiger partial charge in [-0.25, -0.2) is 0 Å². The van der Waals surface area contributed by atoms with Crippen LogP contribution < -0.4 is 5.32 Å². The molecule has 2 heteroatoms. The number of allylic oxidation sites excluding steroid dienone is 1. The Hall–Kier alpha value is -1.41. The molecule has 2 heterocycles. The highest BCUT2D eigenvalue weighted by Gasteiger charge is 2.35. The molecule has 2 aliphatic heterocycles. The van der Waals surface area contributed by atoms with Crippen LogP contribution in [0.1, 0.15) is 53.6 Å². The van der Waals surface area contributed by atoms with E-state index in [1.807, 2.05) is 12.1 Å². The molecule has 1 aromatic rings. The molecule has 0 amide bonds. The number of nitrogens with one attached hydrogen (secondary N) is 1. The molecule has 1 aliphatic carbocycles. The van der Waals surface area contributed by atoms with E-state index in [-0.39, 0.29) is 5.92 Å². The molecule has 4 rings (SSSR count). The zero-order valence-corrected chi connectivity index (χ0v) is 11.8. The summed E-state index contributed by atoms with van der Waals surface area (Å²) in [6.45, 7) is 0. The highest BCUT2D eigenvalue weighted by molar-refractivity contribution is 6.00. The van der Waals surface area contributed by atoms with Crippen molar-refractivity contribution in [2.75, 3.05) is 0 Å². The summed E-state index contributed by atoms with van der Waals surface area (Å²) in [6, 6.07) is 7.33. The van der Waals surface area contributed by atoms with E-state index in [9.17, 15) is 4.79 Å². The smallest absolute Gasteiger partial charge is 0.166 e. The van der Waals surface area contributed by atoms with E-state index < -0.39 is 0 Å². The lowest BCUT2D eigenvalue weighted by Crippen LogP contribution is -2.50. The van der Waals surface area contributed by atoms with Crippen molar-refractivity contribution in [3.63, 3.8) is 0 Å². The van der Waals surface area contributed by atoms with Gasteiger partial charge in [0.25, 0.3) is 0 Å². The number of ketones is 1. The second-order valence-corrected chi connectivity index (χ2v) is 6.50. The van der Waals surface area contributed by atoms with Gasteiger partial charge in [-0.3, -0.25) is 4.79 Å². The number of fused-ring (bicyclic) bond motifs is 3. The van der Waals surface area contributed by atoms with Crippen molar-refractivity contribution in [1.82, 2.24) is 5.32 Å². The van der Waals surface area contributed by atoms with E-state index in [1.165, 1.54) is 30.4 Å². The van der Waals surface area contributed by atoms with Crippen molar-refractivity contribution >= 4 is 11.9 Å². The van der Waals surface area contributed by atoms with Crippen LogP contribution in [0.3, 0.4) is 0 Å². The van der Waals surface area contributed by atoms with E-state index in [1.54, 1.807) is 0 Å². The maximum atomic E-state index is 12.9. The average Bonchev–Trinajstić information content (AvgIpc) is 2.94. The van der Waals surface area contributed by atoms with Crippen molar-refractivity contribution < 1.29 is 4.79 Å². The van der Waals surface area contributed by atoms with Gasteiger partial charge in [0, 0.05) is 23.6 Å². The summed E-state index contributed by atoms with van der Waals surface area (Å²) in [5, 5.41) is 3.68. The molecule has 0 radical (unpaired) electrons. The molecule has 2 unspecified atom stereocenters. The molecule has 0 aromatic heterocycles. The fraction of sp³-hybridized carbons (Fsp3) is 0.500. The van der Waals surface area contributed by atoms with Gasteiger partial charge in [-0.2, -0.15) is 0 Å². The SMILES string of the molecule is O=C(c1cccc2c1CC=C2)C1CC2CCCC(C1)N2. The zero-order valence-electron chi connectivity index (χ0n) is 11.8. The predicted octanol–water partition coefficient (Wildman–Crippen LogP) is 3.36. The summed E-state index contributed by atoms with van der Waals surface area (Å²) in [4.78, 5) is 12.9. The lowest BCUT2D eigenvalue weighted by Gasteiger charge is -2.40. The Labute approximate surface area is 120 Å². The van der Waals surface area contributed by atoms with Gasteiger partial charge in [0.05, 0.1) is 0 Å². The van der Waals surface area contributed by atoms with E-state index in [0.717, 1.165) is 24.8 Å². The van der Waals surface area contributed by atoms with Crippen LogP contribution in [0.25, 0.3) is 6.08 Å². The quantitative estimate of drug-likeness (QED) is 0.832. The third kappa shape index (κ3) is 2.03. The standard InChI is InChI=1S/C18H21NO/c20-18(13-10-14-6-3-7-15(11-13)19-14)17-9-2-5-12-4-1-8-16(12)17/h1-2,4-5,9,13-15,19H,3,6-8,10-11H2. The molecular formula is C18H21NO. The minimum absolute atomic E-state index is 0.235. The first kappa shape index (κ1) is 12.3. The Morgan fingerprint density at radius 3 is 2.75 bits per heavy atom. The van der Waals surface area contributed by atoms with Crippen LogP contribution in [0.15, 0.2) is 24.3 Å². The van der Waals surface area contributed by atoms with Crippen molar-refractivity contribution in [2.45, 2.75) is 50.6 Å². The minimum atomic E-state index is 0.235. The van der Waals surface area contributed by atoms with Crippen molar-refractivity contribution in [1.29, 1.82) is 0 Å². The summed E-state index contributed by atoms with van der Waals surface area (Å²) in [6.07, 6.45) is 11.1. The molecular weight excluding hydrogens is 246 g/mol. The summed E-state index contributed by atoms with van der Waals surface area (Å²) < 4.78 is 0. The number of hydrogen-bond acceptors (Lipinski definition) is 2. The molecule has 104 valence electrons. The Morgan fingerprint density at radius 2 is 1.95 bits per heavy atom. The normalized spacial score (nSPS) is 31.1.